The first-order valence-electron chi connectivity index (χ1n) is 7.27. The number of halogens is 3. The van der Waals surface area contributed by atoms with Crippen LogP contribution in [0.1, 0.15) is 37.7 Å². The summed E-state index contributed by atoms with van der Waals surface area (Å²) in [6.07, 6.45) is 3.76. The Bertz CT molecular complexity index is 587. The molecule has 1 aliphatic rings. The van der Waals surface area contributed by atoms with Gasteiger partial charge < -0.3 is 0 Å². The molecule has 0 aliphatic heterocycles. The molecule has 1 atom stereocenters. The minimum atomic E-state index is -3.96. The van der Waals surface area contributed by atoms with Crippen LogP contribution < -0.4 is 0 Å². The lowest BCUT2D eigenvalue weighted by Crippen LogP contribution is -2.39. The van der Waals surface area contributed by atoms with E-state index in [2.05, 4.69) is 0 Å². The number of benzene rings is 1. The molecule has 0 spiro atoms. The van der Waals surface area contributed by atoms with Crippen LogP contribution in [-0.4, -0.2) is 18.3 Å². The molecule has 1 unspecified atom stereocenters. The number of alkyl halides is 3. The molecular weight excluding hydrogens is 367 g/mol. The van der Waals surface area contributed by atoms with Gasteiger partial charge >= 0.3 is 0 Å². The molecule has 3 nitrogen and oxygen atoms in total. The molecule has 1 aromatic rings. The normalized spacial score (nSPS) is 19.1. The molecule has 1 aliphatic carbocycles. The van der Waals surface area contributed by atoms with E-state index in [0.717, 1.165) is 37.7 Å². The molecule has 7 heteroatoms. The summed E-state index contributed by atoms with van der Waals surface area (Å²) in [5, 5.41) is 0. The van der Waals surface area contributed by atoms with Crippen molar-refractivity contribution < 1.29 is 12.6 Å². The molecule has 0 bridgehead atoms. The zero-order valence-electron chi connectivity index (χ0n) is 12.3. The quantitative estimate of drug-likeness (QED) is 0.540. The van der Waals surface area contributed by atoms with E-state index in [4.69, 9.17) is 39.0 Å². The van der Waals surface area contributed by atoms with Crippen LogP contribution in [0, 0.1) is 12.8 Å². The van der Waals surface area contributed by atoms with E-state index in [1.54, 1.807) is 12.1 Å². The number of rotatable bonds is 4. The van der Waals surface area contributed by atoms with Crippen molar-refractivity contribution in [2.75, 3.05) is 0 Å². The Hall–Kier alpha value is -0.000000000000000167. The Labute approximate surface area is 147 Å². The van der Waals surface area contributed by atoms with E-state index in [0.29, 0.717) is 0 Å². The molecule has 124 valence electrons. The standard InChI is InChI=1S/C15H19Cl3O3S/c1-11-7-9-13(10-8-11)22(19,20)21-14(15(16,17)18)12-5-3-2-4-6-12/h7-10,12,14H,2-6H2,1H3. The predicted molar refractivity (Wildman–Crippen MR) is 90.1 cm³/mol. The summed E-state index contributed by atoms with van der Waals surface area (Å²) in [6, 6.07) is 6.42. The highest BCUT2D eigenvalue weighted by molar-refractivity contribution is 7.86. The van der Waals surface area contributed by atoms with Crippen LogP contribution in [0.4, 0.5) is 0 Å². The summed E-state index contributed by atoms with van der Waals surface area (Å²) in [7, 11) is -3.96. The Morgan fingerprint density at radius 1 is 1.09 bits per heavy atom. The summed E-state index contributed by atoms with van der Waals surface area (Å²) in [6.45, 7) is 1.88. The minimum absolute atomic E-state index is 0.0681. The zero-order valence-corrected chi connectivity index (χ0v) is 15.4. The van der Waals surface area contributed by atoms with Crippen molar-refractivity contribution in [3.8, 4) is 0 Å². The second-order valence-corrected chi connectivity index (χ2v) is 9.66. The van der Waals surface area contributed by atoms with Gasteiger partial charge in [-0.25, -0.2) is 0 Å². The number of hydrogen-bond acceptors (Lipinski definition) is 3. The molecule has 22 heavy (non-hydrogen) atoms. The molecule has 0 saturated heterocycles. The van der Waals surface area contributed by atoms with Crippen LogP contribution in [0.5, 0.6) is 0 Å². The van der Waals surface area contributed by atoms with Gasteiger partial charge in [-0.3, -0.25) is 4.18 Å². The molecule has 2 rings (SSSR count). The summed E-state index contributed by atoms with van der Waals surface area (Å²) in [5.41, 5.74) is 0.962. The van der Waals surface area contributed by atoms with E-state index < -0.39 is 20.0 Å². The van der Waals surface area contributed by atoms with Crippen molar-refractivity contribution in [1.82, 2.24) is 0 Å². The molecule has 0 radical (unpaired) electrons. The third-order valence-electron chi connectivity index (χ3n) is 3.94. The Morgan fingerprint density at radius 2 is 1.64 bits per heavy atom. The van der Waals surface area contributed by atoms with E-state index >= 15 is 0 Å². The lowest BCUT2D eigenvalue weighted by atomic mass is 9.86. The maximum atomic E-state index is 12.4. The van der Waals surface area contributed by atoms with Crippen LogP contribution in [0.15, 0.2) is 29.2 Å². The molecule has 1 saturated carbocycles. The van der Waals surface area contributed by atoms with Gasteiger partial charge in [-0.05, 0) is 37.8 Å². The molecular formula is C15H19Cl3O3S. The molecule has 0 heterocycles. The van der Waals surface area contributed by atoms with Gasteiger partial charge in [0.15, 0.2) is 0 Å². The number of hydrogen-bond donors (Lipinski definition) is 0. The van der Waals surface area contributed by atoms with Crippen molar-refractivity contribution >= 4 is 44.9 Å². The van der Waals surface area contributed by atoms with Crippen LogP contribution in [-0.2, 0) is 14.3 Å². The summed E-state index contributed by atoms with van der Waals surface area (Å²) in [5.74, 6) is -0.0681. The van der Waals surface area contributed by atoms with Gasteiger partial charge in [0.2, 0.25) is 3.79 Å². The van der Waals surface area contributed by atoms with Gasteiger partial charge in [-0.15, -0.1) is 0 Å². The smallest absolute Gasteiger partial charge is 0.258 e. The lowest BCUT2D eigenvalue weighted by Gasteiger charge is -2.33. The van der Waals surface area contributed by atoms with E-state index in [1.807, 2.05) is 6.92 Å². The SMILES string of the molecule is Cc1ccc(S(=O)(=O)OC(C2CCCCC2)C(Cl)(Cl)Cl)cc1. The summed E-state index contributed by atoms with van der Waals surface area (Å²) < 4.78 is 28.5. The maximum absolute atomic E-state index is 12.4. The van der Waals surface area contributed by atoms with Gasteiger partial charge in [0.1, 0.15) is 6.10 Å². The molecule has 0 aromatic heterocycles. The summed E-state index contributed by atoms with van der Waals surface area (Å²) >= 11 is 18.0. The zero-order chi connectivity index (χ0) is 16.4. The molecule has 0 amide bonds. The van der Waals surface area contributed by atoms with Crippen LogP contribution in [0.3, 0.4) is 0 Å². The van der Waals surface area contributed by atoms with Gasteiger partial charge in [0.25, 0.3) is 10.1 Å². The van der Waals surface area contributed by atoms with E-state index in [-0.39, 0.29) is 10.8 Å². The van der Waals surface area contributed by atoms with Crippen LogP contribution >= 0.6 is 34.8 Å². The monoisotopic (exact) mass is 384 g/mol. The van der Waals surface area contributed by atoms with Crippen molar-refractivity contribution in [3.05, 3.63) is 29.8 Å². The molecule has 1 aromatic carbocycles. The van der Waals surface area contributed by atoms with Gasteiger partial charge in [-0.2, -0.15) is 8.42 Å². The second kappa shape index (κ2) is 7.27. The number of aryl methyl sites for hydroxylation is 1. The fourth-order valence-electron chi connectivity index (χ4n) is 2.73. The highest BCUT2D eigenvalue weighted by Gasteiger charge is 2.43. The largest absolute Gasteiger partial charge is 0.297 e. The molecule has 1 fully saturated rings. The first kappa shape index (κ1) is 18.3. The molecule has 0 N–H and O–H groups in total. The van der Waals surface area contributed by atoms with Gasteiger partial charge in [0.05, 0.1) is 4.90 Å². The average Bonchev–Trinajstić information content (AvgIpc) is 2.45. The van der Waals surface area contributed by atoms with Crippen molar-refractivity contribution in [3.63, 3.8) is 0 Å². The fraction of sp³-hybridized carbons (Fsp3) is 0.600. The first-order chi connectivity index (χ1) is 10.2. The van der Waals surface area contributed by atoms with Gasteiger partial charge in [0, 0.05) is 0 Å². The fourth-order valence-corrected chi connectivity index (χ4v) is 4.72. The summed E-state index contributed by atoms with van der Waals surface area (Å²) in [4.78, 5) is 0.0770. The lowest BCUT2D eigenvalue weighted by molar-refractivity contribution is 0.117. The highest BCUT2D eigenvalue weighted by Crippen LogP contribution is 2.42. The average molecular weight is 386 g/mol. The van der Waals surface area contributed by atoms with Crippen LogP contribution in [0.2, 0.25) is 0 Å². The predicted octanol–water partition coefficient (Wildman–Crippen LogP) is 5.02. The van der Waals surface area contributed by atoms with E-state index in [9.17, 15) is 8.42 Å². The van der Waals surface area contributed by atoms with Crippen molar-refractivity contribution in [1.29, 1.82) is 0 Å². The third-order valence-corrected chi connectivity index (χ3v) is 5.90. The van der Waals surface area contributed by atoms with Gasteiger partial charge in [-0.1, -0.05) is 71.8 Å². The topological polar surface area (TPSA) is 43.4 Å². The highest BCUT2D eigenvalue weighted by atomic mass is 35.6. The second-order valence-electron chi connectivity index (χ2n) is 5.72. The van der Waals surface area contributed by atoms with Crippen molar-refractivity contribution in [2.45, 2.75) is 53.8 Å². The third kappa shape index (κ3) is 4.75. The Balaban J connectivity index is 2.23. The van der Waals surface area contributed by atoms with Crippen molar-refractivity contribution in [2.24, 2.45) is 5.92 Å². The Kier molecular flexibility index (Phi) is 6.06. The maximum Gasteiger partial charge on any atom is 0.297 e. The minimum Gasteiger partial charge on any atom is -0.258 e. The van der Waals surface area contributed by atoms with Crippen LogP contribution in [0.25, 0.3) is 0 Å². The Morgan fingerprint density at radius 3 is 2.14 bits per heavy atom. The first-order valence-corrected chi connectivity index (χ1v) is 9.81. The van der Waals surface area contributed by atoms with E-state index in [1.165, 1.54) is 12.1 Å².